The first-order chi connectivity index (χ1) is 15.0. The summed E-state index contributed by atoms with van der Waals surface area (Å²) < 4.78 is 5.76. The van der Waals surface area contributed by atoms with Crippen molar-refractivity contribution < 1.29 is 14.3 Å². The van der Waals surface area contributed by atoms with Crippen molar-refractivity contribution in [1.29, 1.82) is 0 Å². The Morgan fingerprint density at radius 3 is 2.42 bits per heavy atom. The normalized spacial score (nSPS) is 10.8. The molecular weight excluding hydrogens is 410 g/mol. The summed E-state index contributed by atoms with van der Waals surface area (Å²) in [7, 11) is 1.33. The monoisotopic (exact) mass is 431 g/mol. The first-order valence-electron chi connectivity index (χ1n) is 9.75. The number of aryl methyl sites for hydroxylation is 2. The van der Waals surface area contributed by atoms with E-state index < -0.39 is 5.97 Å². The van der Waals surface area contributed by atoms with Crippen molar-refractivity contribution >= 4 is 38.6 Å². The second kappa shape index (κ2) is 8.65. The number of fused-ring (bicyclic) bond motifs is 1. The second-order valence-corrected chi connectivity index (χ2v) is 8.14. The van der Waals surface area contributed by atoms with Crippen LogP contribution in [0, 0.1) is 13.8 Å². The molecule has 1 amide bonds. The van der Waals surface area contributed by atoms with E-state index in [4.69, 9.17) is 9.72 Å². The molecule has 7 heteroatoms. The molecular formula is C24H21N3O3S. The minimum absolute atomic E-state index is 0.212. The van der Waals surface area contributed by atoms with Gasteiger partial charge in [0.05, 0.1) is 35.1 Å². The van der Waals surface area contributed by atoms with Crippen molar-refractivity contribution in [1.82, 2.24) is 9.97 Å². The summed E-state index contributed by atoms with van der Waals surface area (Å²) >= 11 is 1.47. The highest BCUT2D eigenvalue weighted by Gasteiger charge is 2.23. The molecule has 156 valence electrons. The fraction of sp³-hybridized carbons (Fsp3) is 0.167. The van der Waals surface area contributed by atoms with Gasteiger partial charge >= 0.3 is 5.97 Å². The van der Waals surface area contributed by atoms with Gasteiger partial charge in [0.1, 0.15) is 0 Å². The maximum atomic E-state index is 13.5. The maximum absolute atomic E-state index is 13.5. The number of thiazole rings is 1. The van der Waals surface area contributed by atoms with Gasteiger partial charge in [-0.2, -0.15) is 0 Å². The van der Waals surface area contributed by atoms with Crippen molar-refractivity contribution in [3.8, 4) is 0 Å². The van der Waals surface area contributed by atoms with Gasteiger partial charge in [-0.05, 0) is 67.4 Å². The molecule has 2 aromatic heterocycles. The summed E-state index contributed by atoms with van der Waals surface area (Å²) in [6.07, 6.45) is 1.70. The zero-order valence-electron chi connectivity index (χ0n) is 17.5. The van der Waals surface area contributed by atoms with E-state index in [0.717, 1.165) is 27.0 Å². The van der Waals surface area contributed by atoms with Crippen molar-refractivity contribution in [2.24, 2.45) is 0 Å². The fourth-order valence-electron chi connectivity index (χ4n) is 3.23. The number of ether oxygens (including phenoxy) is 1. The van der Waals surface area contributed by atoms with Crippen LogP contribution in [0.15, 0.2) is 60.8 Å². The molecule has 4 rings (SSSR count). The van der Waals surface area contributed by atoms with E-state index in [1.54, 1.807) is 35.4 Å². The number of hydrogen-bond donors (Lipinski definition) is 0. The Hall–Kier alpha value is -3.58. The number of pyridine rings is 1. The lowest BCUT2D eigenvalue weighted by molar-refractivity contribution is 0.0600. The molecule has 2 heterocycles. The highest BCUT2D eigenvalue weighted by atomic mass is 32.1. The van der Waals surface area contributed by atoms with Gasteiger partial charge in [-0.15, -0.1) is 0 Å². The van der Waals surface area contributed by atoms with Crippen LogP contribution in [0.4, 0.5) is 5.13 Å². The molecule has 0 saturated heterocycles. The number of hydrogen-bond acceptors (Lipinski definition) is 6. The van der Waals surface area contributed by atoms with E-state index in [1.807, 2.05) is 38.1 Å². The summed E-state index contributed by atoms with van der Waals surface area (Å²) in [4.78, 5) is 36.0. The standard InChI is InChI=1S/C24H21N3O3S/c1-15-7-12-20-21(16(15)2)26-24(31-20)27(14-19-6-4-5-13-25-19)22(28)17-8-10-18(11-9-17)23(29)30-3/h4-13H,14H2,1-3H3. The molecule has 4 aromatic rings. The first-order valence-corrected chi connectivity index (χ1v) is 10.6. The van der Waals surface area contributed by atoms with Gasteiger partial charge in [0.15, 0.2) is 5.13 Å². The third-order valence-electron chi connectivity index (χ3n) is 5.15. The molecule has 0 bridgehead atoms. The largest absolute Gasteiger partial charge is 0.465 e. The predicted octanol–water partition coefficient (Wildman–Crippen LogP) is 4.94. The summed E-state index contributed by atoms with van der Waals surface area (Å²) in [6, 6.07) is 16.1. The lowest BCUT2D eigenvalue weighted by atomic mass is 10.1. The van der Waals surface area contributed by atoms with Gasteiger partial charge in [-0.25, -0.2) is 9.78 Å². The highest BCUT2D eigenvalue weighted by molar-refractivity contribution is 7.22. The van der Waals surface area contributed by atoms with E-state index in [-0.39, 0.29) is 12.5 Å². The SMILES string of the molecule is COC(=O)c1ccc(C(=O)N(Cc2ccccn2)c2nc3c(C)c(C)ccc3s2)cc1. The quantitative estimate of drug-likeness (QED) is 0.419. The molecule has 2 aromatic carbocycles. The highest BCUT2D eigenvalue weighted by Crippen LogP contribution is 2.33. The number of esters is 1. The number of rotatable bonds is 5. The minimum Gasteiger partial charge on any atom is -0.465 e. The molecule has 0 spiro atoms. The molecule has 6 nitrogen and oxygen atoms in total. The number of aromatic nitrogens is 2. The molecule has 0 unspecified atom stereocenters. The van der Waals surface area contributed by atoms with Crippen LogP contribution < -0.4 is 4.90 Å². The Labute approximate surface area is 184 Å². The summed E-state index contributed by atoms with van der Waals surface area (Å²) in [5.41, 5.74) is 4.77. The zero-order chi connectivity index (χ0) is 22.0. The number of methoxy groups -OCH3 is 1. The topological polar surface area (TPSA) is 72.4 Å². The van der Waals surface area contributed by atoms with Gasteiger partial charge in [-0.1, -0.05) is 23.5 Å². The van der Waals surface area contributed by atoms with Gasteiger partial charge in [0, 0.05) is 11.8 Å². The Morgan fingerprint density at radius 1 is 1.00 bits per heavy atom. The van der Waals surface area contributed by atoms with E-state index in [9.17, 15) is 9.59 Å². The van der Waals surface area contributed by atoms with E-state index in [2.05, 4.69) is 11.1 Å². The van der Waals surface area contributed by atoms with Gasteiger partial charge < -0.3 is 4.74 Å². The fourth-order valence-corrected chi connectivity index (χ4v) is 4.26. The van der Waals surface area contributed by atoms with Gasteiger partial charge in [-0.3, -0.25) is 14.7 Å². The lowest BCUT2D eigenvalue weighted by Gasteiger charge is -2.19. The number of nitrogens with zero attached hydrogens (tertiary/aromatic N) is 3. The van der Waals surface area contributed by atoms with Gasteiger partial charge in [0.25, 0.3) is 5.91 Å². The molecule has 0 saturated carbocycles. The van der Waals surface area contributed by atoms with Crippen molar-refractivity contribution in [3.63, 3.8) is 0 Å². The molecule has 0 atom stereocenters. The summed E-state index contributed by atoms with van der Waals surface area (Å²) in [6.45, 7) is 4.38. The van der Waals surface area contributed by atoms with E-state index in [1.165, 1.54) is 18.4 Å². The molecule has 0 fully saturated rings. The average molecular weight is 432 g/mol. The number of anilines is 1. The Balaban J connectivity index is 1.75. The predicted molar refractivity (Wildman–Crippen MR) is 122 cm³/mol. The van der Waals surface area contributed by atoms with E-state index >= 15 is 0 Å². The number of amides is 1. The Bertz CT molecular complexity index is 1250. The smallest absolute Gasteiger partial charge is 0.337 e. The van der Waals surface area contributed by atoms with E-state index in [0.29, 0.717) is 16.3 Å². The zero-order valence-corrected chi connectivity index (χ0v) is 18.3. The molecule has 31 heavy (non-hydrogen) atoms. The van der Waals surface area contributed by atoms with Crippen molar-refractivity contribution in [2.75, 3.05) is 12.0 Å². The van der Waals surface area contributed by atoms with Crippen LogP contribution in [0.2, 0.25) is 0 Å². The van der Waals surface area contributed by atoms with Crippen LogP contribution in [0.1, 0.15) is 37.5 Å². The average Bonchev–Trinajstić information content (AvgIpc) is 3.24. The van der Waals surface area contributed by atoms with Crippen LogP contribution in [-0.4, -0.2) is 29.0 Å². The molecule has 0 radical (unpaired) electrons. The number of carbonyl (C=O) groups is 2. The molecule has 0 aliphatic carbocycles. The van der Waals surface area contributed by atoms with Crippen LogP contribution in [0.25, 0.3) is 10.2 Å². The Morgan fingerprint density at radius 2 is 1.74 bits per heavy atom. The lowest BCUT2D eigenvalue weighted by Crippen LogP contribution is -2.30. The third-order valence-corrected chi connectivity index (χ3v) is 6.19. The minimum atomic E-state index is -0.443. The van der Waals surface area contributed by atoms with Crippen LogP contribution in [0.5, 0.6) is 0 Å². The third kappa shape index (κ3) is 4.18. The van der Waals surface area contributed by atoms with Crippen molar-refractivity contribution in [2.45, 2.75) is 20.4 Å². The molecule has 0 N–H and O–H groups in total. The number of carbonyl (C=O) groups excluding carboxylic acids is 2. The molecule has 0 aliphatic rings. The number of benzene rings is 2. The molecule has 0 aliphatic heterocycles. The summed E-state index contributed by atoms with van der Waals surface area (Å²) in [5.74, 6) is -0.656. The summed E-state index contributed by atoms with van der Waals surface area (Å²) in [5, 5.41) is 0.608. The van der Waals surface area contributed by atoms with Crippen LogP contribution >= 0.6 is 11.3 Å². The van der Waals surface area contributed by atoms with Crippen LogP contribution in [-0.2, 0) is 11.3 Å². The van der Waals surface area contributed by atoms with Crippen molar-refractivity contribution in [3.05, 3.63) is 88.7 Å². The van der Waals surface area contributed by atoms with Crippen LogP contribution in [0.3, 0.4) is 0 Å². The first kappa shape index (κ1) is 20.7. The Kier molecular flexibility index (Phi) is 5.77. The van der Waals surface area contributed by atoms with Gasteiger partial charge in [0.2, 0.25) is 0 Å². The second-order valence-electron chi connectivity index (χ2n) is 7.13. The maximum Gasteiger partial charge on any atom is 0.337 e.